The van der Waals surface area contributed by atoms with E-state index in [2.05, 4.69) is 34.4 Å². The van der Waals surface area contributed by atoms with Crippen molar-refractivity contribution in [1.29, 1.82) is 0 Å². The molecule has 1 aromatic rings. The molecule has 2 N–H and O–H groups in total. The molecule has 7 heteroatoms. The maximum atomic E-state index is 13.5. The molecule has 1 unspecified atom stereocenters. The number of benzene rings is 1. The number of likely N-dealkylation sites (tertiary alicyclic amines) is 1. The van der Waals surface area contributed by atoms with Crippen molar-refractivity contribution in [2.75, 3.05) is 39.3 Å². The number of nitrogens with zero attached hydrogens (tertiary/aromatic N) is 2. The van der Waals surface area contributed by atoms with Gasteiger partial charge in [-0.2, -0.15) is 0 Å². The molecule has 29 heavy (non-hydrogen) atoms. The van der Waals surface area contributed by atoms with E-state index in [4.69, 9.17) is 4.74 Å². The SMILES string of the molecule is CCNC(=NCC(C)c1ccc(F)c(F)c1)NC1CCN(CCOC(C)C)CC1. The highest BCUT2D eigenvalue weighted by Crippen LogP contribution is 2.18. The largest absolute Gasteiger partial charge is 0.377 e. The summed E-state index contributed by atoms with van der Waals surface area (Å²) in [4.78, 5) is 7.11. The molecule has 1 aliphatic heterocycles. The third kappa shape index (κ3) is 8.26. The van der Waals surface area contributed by atoms with Crippen molar-refractivity contribution in [2.45, 2.75) is 58.6 Å². The lowest BCUT2D eigenvalue weighted by Crippen LogP contribution is -2.49. The maximum Gasteiger partial charge on any atom is 0.191 e. The van der Waals surface area contributed by atoms with Crippen molar-refractivity contribution in [3.63, 3.8) is 0 Å². The number of rotatable bonds is 9. The number of hydrogen-bond donors (Lipinski definition) is 2. The Morgan fingerprint density at radius 2 is 1.93 bits per heavy atom. The van der Waals surface area contributed by atoms with Crippen molar-refractivity contribution in [3.8, 4) is 0 Å². The summed E-state index contributed by atoms with van der Waals surface area (Å²) in [6.07, 6.45) is 2.40. The monoisotopic (exact) mass is 410 g/mol. The van der Waals surface area contributed by atoms with Crippen LogP contribution in [0.5, 0.6) is 0 Å². The first-order chi connectivity index (χ1) is 13.9. The molecule has 0 bridgehead atoms. The summed E-state index contributed by atoms with van der Waals surface area (Å²) in [7, 11) is 0. The van der Waals surface area contributed by atoms with Crippen LogP contribution in [0.2, 0.25) is 0 Å². The molecule has 1 aliphatic rings. The van der Waals surface area contributed by atoms with E-state index in [9.17, 15) is 8.78 Å². The lowest BCUT2D eigenvalue weighted by molar-refractivity contribution is 0.0532. The van der Waals surface area contributed by atoms with Crippen LogP contribution in [0.25, 0.3) is 0 Å². The third-order valence-corrected chi connectivity index (χ3v) is 5.17. The Hall–Kier alpha value is -1.73. The van der Waals surface area contributed by atoms with Gasteiger partial charge in [0.15, 0.2) is 17.6 Å². The van der Waals surface area contributed by atoms with Crippen LogP contribution in [0.15, 0.2) is 23.2 Å². The number of hydrogen-bond acceptors (Lipinski definition) is 3. The van der Waals surface area contributed by atoms with Gasteiger partial charge < -0.3 is 20.3 Å². The summed E-state index contributed by atoms with van der Waals surface area (Å²) in [5.74, 6) is -0.845. The van der Waals surface area contributed by atoms with Crippen molar-refractivity contribution in [3.05, 3.63) is 35.4 Å². The van der Waals surface area contributed by atoms with Crippen LogP contribution in [0, 0.1) is 11.6 Å². The van der Waals surface area contributed by atoms with Gasteiger partial charge in [0.25, 0.3) is 0 Å². The molecule has 1 heterocycles. The summed E-state index contributed by atoms with van der Waals surface area (Å²) in [6.45, 7) is 13.3. The summed E-state index contributed by atoms with van der Waals surface area (Å²) >= 11 is 0. The molecule has 5 nitrogen and oxygen atoms in total. The highest BCUT2D eigenvalue weighted by Gasteiger charge is 2.20. The van der Waals surface area contributed by atoms with Crippen LogP contribution in [0.1, 0.15) is 52.0 Å². The topological polar surface area (TPSA) is 48.9 Å². The summed E-state index contributed by atoms with van der Waals surface area (Å²) in [5.41, 5.74) is 0.750. The maximum absolute atomic E-state index is 13.5. The molecule has 0 spiro atoms. The van der Waals surface area contributed by atoms with Crippen LogP contribution in [-0.2, 0) is 4.74 Å². The Balaban J connectivity index is 1.82. The van der Waals surface area contributed by atoms with Crippen LogP contribution in [0.4, 0.5) is 8.78 Å². The van der Waals surface area contributed by atoms with E-state index >= 15 is 0 Å². The normalized spacial score (nSPS) is 17.6. The molecule has 0 aliphatic carbocycles. The summed E-state index contributed by atoms with van der Waals surface area (Å²) in [6, 6.07) is 4.44. The Labute approximate surface area is 173 Å². The fraction of sp³-hybridized carbons (Fsp3) is 0.682. The van der Waals surface area contributed by atoms with Crippen LogP contribution in [-0.4, -0.2) is 62.3 Å². The van der Waals surface area contributed by atoms with E-state index < -0.39 is 11.6 Å². The van der Waals surface area contributed by atoms with Gasteiger partial charge in [0.1, 0.15) is 0 Å². The molecular weight excluding hydrogens is 374 g/mol. The Bertz CT molecular complexity index is 646. The molecule has 0 saturated carbocycles. The van der Waals surface area contributed by atoms with Gasteiger partial charge in [-0.05, 0) is 51.3 Å². The number of aliphatic imine (C=N–C) groups is 1. The van der Waals surface area contributed by atoms with Crippen molar-refractivity contribution < 1.29 is 13.5 Å². The van der Waals surface area contributed by atoms with Crippen molar-refractivity contribution in [2.24, 2.45) is 4.99 Å². The zero-order valence-electron chi connectivity index (χ0n) is 18.2. The molecular formula is C22H36F2N4O. The van der Waals surface area contributed by atoms with Gasteiger partial charge in [-0.25, -0.2) is 8.78 Å². The Kier molecular flexibility index (Phi) is 9.81. The average molecular weight is 411 g/mol. The van der Waals surface area contributed by atoms with Crippen molar-refractivity contribution in [1.82, 2.24) is 15.5 Å². The minimum absolute atomic E-state index is 0.00311. The van der Waals surface area contributed by atoms with Crippen LogP contribution < -0.4 is 10.6 Å². The first kappa shape index (κ1) is 23.5. The quantitative estimate of drug-likeness (QED) is 0.483. The van der Waals surface area contributed by atoms with E-state index in [0.717, 1.165) is 57.2 Å². The number of guanidine groups is 1. The van der Waals surface area contributed by atoms with E-state index in [-0.39, 0.29) is 12.0 Å². The van der Waals surface area contributed by atoms with Gasteiger partial charge in [0.2, 0.25) is 0 Å². The zero-order valence-corrected chi connectivity index (χ0v) is 18.2. The van der Waals surface area contributed by atoms with E-state index in [1.807, 2.05) is 13.8 Å². The number of piperidine rings is 1. The number of halogens is 2. The molecule has 2 rings (SSSR count). The van der Waals surface area contributed by atoms with Gasteiger partial charge in [-0.15, -0.1) is 0 Å². The number of ether oxygens (including phenoxy) is 1. The van der Waals surface area contributed by atoms with Gasteiger partial charge in [0, 0.05) is 44.7 Å². The van der Waals surface area contributed by atoms with Crippen LogP contribution >= 0.6 is 0 Å². The zero-order chi connectivity index (χ0) is 21.2. The minimum atomic E-state index is -0.818. The predicted molar refractivity (Wildman–Crippen MR) is 114 cm³/mol. The van der Waals surface area contributed by atoms with Crippen molar-refractivity contribution >= 4 is 5.96 Å². The average Bonchev–Trinajstić information content (AvgIpc) is 2.69. The smallest absolute Gasteiger partial charge is 0.191 e. The van der Waals surface area contributed by atoms with Gasteiger partial charge in [-0.1, -0.05) is 13.0 Å². The van der Waals surface area contributed by atoms with Gasteiger partial charge in [0.05, 0.1) is 12.7 Å². The second-order valence-corrected chi connectivity index (χ2v) is 7.97. The lowest BCUT2D eigenvalue weighted by Gasteiger charge is -2.33. The third-order valence-electron chi connectivity index (χ3n) is 5.17. The van der Waals surface area contributed by atoms with E-state index in [1.54, 1.807) is 6.07 Å². The standard InChI is InChI=1S/C22H36F2N4O/c1-5-25-22(26-15-17(4)18-6-7-20(23)21(24)14-18)27-19-8-10-28(11-9-19)12-13-29-16(2)3/h6-7,14,16-17,19H,5,8-13,15H2,1-4H3,(H2,25,26,27). The summed E-state index contributed by atoms with van der Waals surface area (Å²) in [5, 5.41) is 6.81. The van der Waals surface area contributed by atoms with Gasteiger partial charge >= 0.3 is 0 Å². The second kappa shape index (κ2) is 12.1. The molecule has 1 saturated heterocycles. The van der Waals surface area contributed by atoms with Crippen LogP contribution in [0.3, 0.4) is 0 Å². The molecule has 1 fully saturated rings. The Morgan fingerprint density at radius 3 is 2.55 bits per heavy atom. The second-order valence-electron chi connectivity index (χ2n) is 7.97. The van der Waals surface area contributed by atoms with E-state index in [0.29, 0.717) is 12.6 Å². The first-order valence-electron chi connectivity index (χ1n) is 10.7. The highest BCUT2D eigenvalue weighted by molar-refractivity contribution is 5.80. The first-order valence-corrected chi connectivity index (χ1v) is 10.7. The molecule has 0 aromatic heterocycles. The summed E-state index contributed by atoms with van der Waals surface area (Å²) < 4.78 is 32.2. The fourth-order valence-corrected chi connectivity index (χ4v) is 3.38. The number of nitrogens with one attached hydrogen (secondary N) is 2. The molecule has 1 aromatic carbocycles. The Morgan fingerprint density at radius 1 is 1.21 bits per heavy atom. The van der Waals surface area contributed by atoms with E-state index in [1.165, 1.54) is 12.1 Å². The molecule has 0 amide bonds. The predicted octanol–water partition coefficient (Wildman–Crippen LogP) is 3.51. The lowest BCUT2D eigenvalue weighted by atomic mass is 10.0. The molecule has 1 atom stereocenters. The minimum Gasteiger partial charge on any atom is -0.377 e. The molecule has 164 valence electrons. The van der Waals surface area contributed by atoms with Gasteiger partial charge in [-0.3, -0.25) is 4.99 Å². The fourth-order valence-electron chi connectivity index (χ4n) is 3.38. The molecule has 0 radical (unpaired) electrons. The highest BCUT2D eigenvalue weighted by atomic mass is 19.2.